The van der Waals surface area contributed by atoms with Crippen LogP contribution < -0.4 is 5.32 Å². The molecule has 1 N–H and O–H groups in total. The predicted molar refractivity (Wildman–Crippen MR) is 85.2 cm³/mol. The van der Waals surface area contributed by atoms with Crippen molar-refractivity contribution < 1.29 is 4.39 Å². The van der Waals surface area contributed by atoms with E-state index in [1.54, 1.807) is 6.07 Å². The molecule has 1 heterocycles. The number of hydrogen-bond acceptors (Lipinski definition) is 3. The smallest absolute Gasteiger partial charge is 0.133 e. The molecule has 0 spiro atoms. The molecule has 0 saturated heterocycles. The van der Waals surface area contributed by atoms with E-state index in [-0.39, 0.29) is 5.82 Å². The zero-order chi connectivity index (χ0) is 15.6. The topological polar surface area (TPSA) is 37.8 Å². The second-order valence-corrected chi connectivity index (χ2v) is 5.40. The monoisotopic (exact) mass is 287 g/mol. The van der Waals surface area contributed by atoms with Gasteiger partial charge in [-0.15, -0.1) is 0 Å². The summed E-state index contributed by atoms with van der Waals surface area (Å²) in [6.07, 6.45) is 1.75. The van der Waals surface area contributed by atoms with Crippen molar-refractivity contribution in [2.24, 2.45) is 0 Å². The molecular formula is C17H22FN3. The number of halogens is 1. The summed E-state index contributed by atoms with van der Waals surface area (Å²) in [5.74, 6) is 1.29. The van der Waals surface area contributed by atoms with Gasteiger partial charge in [0.25, 0.3) is 0 Å². The van der Waals surface area contributed by atoms with Gasteiger partial charge >= 0.3 is 0 Å². The Morgan fingerprint density at radius 1 is 1.14 bits per heavy atom. The average molecular weight is 287 g/mol. The van der Waals surface area contributed by atoms with Crippen LogP contribution in [0.15, 0.2) is 12.1 Å². The van der Waals surface area contributed by atoms with Crippen LogP contribution in [0.1, 0.15) is 35.9 Å². The van der Waals surface area contributed by atoms with Gasteiger partial charge in [0.15, 0.2) is 0 Å². The van der Waals surface area contributed by atoms with E-state index in [0.717, 1.165) is 41.2 Å². The first kappa shape index (κ1) is 15.4. The third-order valence-electron chi connectivity index (χ3n) is 3.57. The molecule has 1 aromatic heterocycles. The minimum atomic E-state index is -0.223. The van der Waals surface area contributed by atoms with Crippen LogP contribution in [-0.4, -0.2) is 17.0 Å². The molecule has 0 atom stereocenters. The Morgan fingerprint density at radius 2 is 1.86 bits per heavy atom. The van der Waals surface area contributed by atoms with Crippen molar-refractivity contribution in [3.8, 4) is 11.3 Å². The van der Waals surface area contributed by atoms with Gasteiger partial charge in [0.1, 0.15) is 17.5 Å². The molecule has 4 heteroatoms. The van der Waals surface area contributed by atoms with Gasteiger partial charge in [-0.1, -0.05) is 13.0 Å². The highest BCUT2D eigenvalue weighted by atomic mass is 19.1. The molecule has 1 aromatic carbocycles. The summed E-state index contributed by atoms with van der Waals surface area (Å²) < 4.78 is 14.4. The first-order valence-corrected chi connectivity index (χ1v) is 7.30. The summed E-state index contributed by atoms with van der Waals surface area (Å²) in [7, 11) is 1.83. The Hall–Kier alpha value is -1.97. The highest BCUT2D eigenvalue weighted by Crippen LogP contribution is 2.31. The lowest BCUT2D eigenvalue weighted by Crippen LogP contribution is -2.06. The van der Waals surface area contributed by atoms with Crippen LogP contribution in [0.3, 0.4) is 0 Å². The zero-order valence-electron chi connectivity index (χ0n) is 13.3. The predicted octanol–water partition coefficient (Wildman–Crippen LogP) is 4.20. The quantitative estimate of drug-likeness (QED) is 0.915. The van der Waals surface area contributed by atoms with Crippen molar-refractivity contribution in [3.05, 3.63) is 40.5 Å². The van der Waals surface area contributed by atoms with Crippen molar-refractivity contribution in [1.29, 1.82) is 0 Å². The number of anilines is 1. The van der Waals surface area contributed by atoms with Gasteiger partial charge in [-0.2, -0.15) is 0 Å². The van der Waals surface area contributed by atoms with E-state index in [9.17, 15) is 4.39 Å². The Labute approximate surface area is 125 Å². The SMILES string of the molecule is CCCc1nc(NC)c(C)c(-c2c(C)cc(C)cc2F)n1. The van der Waals surface area contributed by atoms with E-state index in [1.165, 1.54) is 0 Å². The fourth-order valence-electron chi connectivity index (χ4n) is 2.60. The van der Waals surface area contributed by atoms with E-state index >= 15 is 0 Å². The fourth-order valence-corrected chi connectivity index (χ4v) is 2.60. The second-order valence-electron chi connectivity index (χ2n) is 5.40. The van der Waals surface area contributed by atoms with Gasteiger partial charge in [0, 0.05) is 24.6 Å². The minimum Gasteiger partial charge on any atom is -0.373 e. The summed E-state index contributed by atoms with van der Waals surface area (Å²) in [6, 6.07) is 3.54. The maximum atomic E-state index is 14.4. The number of benzene rings is 1. The number of nitrogens with zero attached hydrogens (tertiary/aromatic N) is 2. The summed E-state index contributed by atoms with van der Waals surface area (Å²) in [5.41, 5.74) is 3.97. The lowest BCUT2D eigenvalue weighted by molar-refractivity contribution is 0.628. The van der Waals surface area contributed by atoms with Crippen LogP contribution in [0, 0.1) is 26.6 Å². The minimum absolute atomic E-state index is 0.223. The molecule has 0 unspecified atom stereocenters. The Morgan fingerprint density at radius 3 is 2.43 bits per heavy atom. The fraction of sp³-hybridized carbons (Fsp3) is 0.412. The van der Waals surface area contributed by atoms with Crippen LogP contribution >= 0.6 is 0 Å². The average Bonchev–Trinajstić information content (AvgIpc) is 2.41. The van der Waals surface area contributed by atoms with E-state index in [4.69, 9.17) is 0 Å². The van der Waals surface area contributed by atoms with Crippen LogP contribution in [-0.2, 0) is 6.42 Å². The molecule has 2 aromatic rings. The van der Waals surface area contributed by atoms with E-state index in [1.807, 2.05) is 33.9 Å². The number of rotatable bonds is 4. The molecule has 0 aliphatic heterocycles. The highest BCUT2D eigenvalue weighted by molar-refractivity contribution is 5.71. The first-order chi connectivity index (χ1) is 9.97. The number of hydrogen-bond donors (Lipinski definition) is 1. The third kappa shape index (κ3) is 3.04. The van der Waals surface area contributed by atoms with Crippen molar-refractivity contribution in [1.82, 2.24) is 9.97 Å². The highest BCUT2D eigenvalue weighted by Gasteiger charge is 2.17. The van der Waals surface area contributed by atoms with Gasteiger partial charge in [-0.25, -0.2) is 14.4 Å². The van der Waals surface area contributed by atoms with Crippen LogP contribution in [0.5, 0.6) is 0 Å². The first-order valence-electron chi connectivity index (χ1n) is 7.30. The molecule has 0 saturated carbocycles. The molecule has 0 aliphatic carbocycles. The Balaban J connectivity index is 2.71. The van der Waals surface area contributed by atoms with Gasteiger partial charge < -0.3 is 5.32 Å². The molecule has 112 valence electrons. The van der Waals surface area contributed by atoms with E-state index < -0.39 is 0 Å². The van der Waals surface area contributed by atoms with E-state index in [0.29, 0.717) is 11.3 Å². The molecule has 21 heavy (non-hydrogen) atoms. The molecule has 2 rings (SSSR count). The van der Waals surface area contributed by atoms with Crippen molar-refractivity contribution >= 4 is 5.82 Å². The van der Waals surface area contributed by atoms with Crippen LogP contribution in [0.25, 0.3) is 11.3 Å². The van der Waals surface area contributed by atoms with Gasteiger partial charge in [0.2, 0.25) is 0 Å². The maximum Gasteiger partial charge on any atom is 0.133 e. The summed E-state index contributed by atoms with van der Waals surface area (Å²) >= 11 is 0. The van der Waals surface area contributed by atoms with Gasteiger partial charge in [-0.05, 0) is 44.4 Å². The molecule has 0 radical (unpaired) electrons. The normalized spacial score (nSPS) is 10.8. The summed E-state index contributed by atoms with van der Waals surface area (Å²) in [5, 5.41) is 3.08. The number of aryl methyl sites for hydroxylation is 3. The number of aromatic nitrogens is 2. The summed E-state index contributed by atoms with van der Waals surface area (Å²) in [6.45, 7) is 7.83. The van der Waals surface area contributed by atoms with Crippen LogP contribution in [0.4, 0.5) is 10.2 Å². The zero-order valence-corrected chi connectivity index (χ0v) is 13.3. The maximum absolute atomic E-state index is 14.4. The molecule has 0 fully saturated rings. The van der Waals surface area contributed by atoms with Crippen molar-refractivity contribution in [2.45, 2.75) is 40.5 Å². The molecular weight excluding hydrogens is 265 g/mol. The third-order valence-corrected chi connectivity index (χ3v) is 3.57. The van der Waals surface area contributed by atoms with Gasteiger partial charge in [0.05, 0.1) is 5.69 Å². The second kappa shape index (κ2) is 6.20. The lowest BCUT2D eigenvalue weighted by Gasteiger charge is -2.15. The molecule has 0 amide bonds. The Bertz CT molecular complexity index is 642. The largest absolute Gasteiger partial charge is 0.373 e. The van der Waals surface area contributed by atoms with Crippen molar-refractivity contribution in [3.63, 3.8) is 0 Å². The van der Waals surface area contributed by atoms with Crippen LogP contribution in [0.2, 0.25) is 0 Å². The standard InChI is InChI=1S/C17H22FN3/c1-6-7-14-20-16(12(4)17(19-5)21-14)15-11(3)8-10(2)9-13(15)18/h8-9H,6-7H2,1-5H3,(H,19,20,21). The van der Waals surface area contributed by atoms with Gasteiger partial charge in [-0.3, -0.25) is 0 Å². The molecule has 0 bridgehead atoms. The van der Waals surface area contributed by atoms with E-state index in [2.05, 4.69) is 22.2 Å². The summed E-state index contributed by atoms with van der Waals surface area (Å²) in [4.78, 5) is 9.10. The molecule has 3 nitrogen and oxygen atoms in total. The lowest BCUT2D eigenvalue weighted by atomic mass is 9.99. The van der Waals surface area contributed by atoms with Crippen molar-refractivity contribution in [2.75, 3.05) is 12.4 Å². The molecule has 0 aliphatic rings. The Kier molecular flexibility index (Phi) is 4.56. The number of nitrogens with one attached hydrogen (secondary N) is 1.